The van der Waals surface area contributed by atoms with Crippen LogP contribution in [0, 0.1) is 0 Å². The van der Waals surface area contributed by atoms with Crippen molar-refractivity contribution in [1.29, 1.82) is 0 Å². The van der Waals surface area contributed by atoms with Crippen molar-refractivity contribution < 1.29 is 18.0 Å². The number of likely N-dealkylation sites (tertiary alicyclic amines) is 1. The molecule has 2 heterocycles. The lowest BCUT2D eigenvalue weighted by Crippen LogP contribution is -2.55. The number of benzene rings is 2. The van der Waals surface area contributed by atoms with E-state index in [4.69, 9.17) is 0 Å². The Bertz CT molecular complexity index is 938. The summed E-state index contributed by atoms with van der Waals surface area (Å²) in [6.07, 6.45) is -2.04. The third kappa shape index (κ3) is 5.51. The van der Waals surface area contributed by atoms with E-state index in [0.717, 1.165) is 75.8 Å². The maximum absolute atomic E-state index is 13.0. The Balaban J connectivity index is 1.33. The van der Waals surface area contributed by atoms with Gasteiger partial charge in [0.25, 0.3) is 0 Å². The number of ketones is 1. The molecule has 0 N–H and O–H groups in total. The maximum atomic E-state index is 13.0. The summed E-state index contributed by atoms with van der Waals surface area (Å²) in [7, 11) is 0. The first kappa shape index (κ1) is 22.8. The number of anilines is 1. The summed E-state index contributed by atoms with van der Waals surface area (Å²) in [6, 6.07) is 14.0. The van der Waals surface area contributed by atoms with E-state index in [1.165, 1.54) is 12.1 Å². The predicted octanol–water partition coefficient (Wildman–Crippen LogP) is 4.69. The molecule has 32 heavy (non-hydrogen) atoms. The van der Waals surface area contributed by atoms with Gasteiger partial charge in [-0.2, -0.15) is 13.2 Å². The average Bonchev–Trinajstić information content (AvgIpc) is 2.79. The van der Waals surface area contributed by atoms with Gasteiger partial charge < -0.3 is 4.90 Å². The largest absolute Gasteiger partial charge is 0.416 e. The fourth-order valence-corrected chi connectivity index (χ4v) is 4.84. The molecule has 4 nitrogen and oxygen atoms in total. The molecule has 1 unspecified atom stereocenters. The molecule has 2 aliphatic heterocycles. The highest BCUT2D eigenvalue weighted by Crippen LogP contribution is 2.32. The zero-order valence-electron chi connectivity index (χ0n) is 18.4. The molecule has 2 aliphatic rings. The fourth-order valence-electron chi connectivity index (χ4n) is 4.84. The molecule has 0 amide bonds. The number of piperidine rings is 1. The molecule has 2 aromatic carbocycles. The first-order valence-corrected chi connectivity index (χ1v) is 11.3. The van der Waals surface area contributed by atoms with Gasteiger partial charge in [0.05, 0.1) is 5.56 Å². The van der Waals surface area contributed by atoms with Gasteiger partial charge in [0.15, 0.2) is 5.78 Å². The number of halogens is 3. The van der Waals surface area contributed by atoms with Gasteiger partial charge in [0.2, 0.25) is 0 Å². The second-order valence-corrected chi connectivity index (χ2v) is 8.86. The monoisotopic (exact) mass is 445 g/mol. The first-order chi connectivity index (χ1) is 15.3. The van der Waals surface area contributed by atoms with Gasteiger partial charge >= 0.3 is 6.18 Å². The summed E-state index contributed by atoms with van der Waals surface area (Å²) in [5, 5.41) is 0. The lowest BCUT2D eigenvalue weighted by atomic mass is 10.0. The van der Waals surface area contributed by atoms with Crippen LogP contribution in [0.5, 0.6) is 0 Å². The highest BCUT2D eigenvalue weighted by molar-refractivity contribution is 5.94. The number of piperazine rings is 1. The van der Waals surface area contributed by atoms with Crippen molar-refractivity contribution in [2.45, 2.75) is 38.5 Å². The standard InChI is InChI=1S/C25H30F3N3O/c1-19(32)21-6-2-5-20(15-21)17-29-10-4-9-24(18-29)31-13-11-30(12-14-31)23-8-3-7-22(16-23)25(26,27)28/h2-3,5-8,15-16,24H,4,9-14,17-18H2,1H3. The van der Waals surface area contributed by atoms with Crippen LogP contribution in [0.2, 0.25) is 0 Å². The number of carbonyl (C=O) groups excluding carboxylic acids is 1. The minimum absolute atomic E-state index is 0.0852. The topological polar surface area (TPSA) is 26.8 Å². The third-order valence-corrected chi connectivity index (χ3v) is 6.59. The molecule has 0 radical (unpaired) electrons. The van der Waals surface area contributed by atoms with E-state index < -0.39 is 11.7 Å². The van der Waals surface area contributed by atoms with Crippen LogP contribution in [0.25, 0.3) is 0 Å². The number of carbonyl (C=O) groups is 1. The average molecular weight is 446 g/mol. The van der Waals surface area contributed by atoms with Crippen molar-refractivity contribution in [3.63, 3.8) is 0 Å². The Kier molecular flexibility index (Phi) is 6.86. The Morgan fingerprint density at radius 3 is 2.47 bits per heavy atom. The van der Waals surface area contributed by atoms with Gasteiger partial charge in [-0.25, -0.2) is 0 Å². The molecule has 2 aromatic rings. The second kappa shape index (κ2) is 9.63. The molecule has 1 atom stereocenters. The van der Waals surface area contributed by atoms with Gasteiger partial charge in [0, 0.05) is 56.6 Å². The van der Waals surface area contributed by atoms with E-state index in [1.54, 1.807) is 13.0 Å². The molecular formula is C25H30F3N3O. The van der Waals surface area contributed by atoms with Gasteiger partial charge in [-0.05, 0) is 56.1 Å². The van der Waals surface area contributed by atoms with Crippen LogP contribution < -0.4 is 4.90 Å². The zero-order chi connectivity index (χ0) is 22.7. The zero-order valence-corrected chi connectivity index (χ0v) is 18.4. The predicted molar refractivity (Wildman–Crippen MR) is 120 cm³/mol. The second-order valence-electron chi connectivity index (χ2n) is 8.86. The molecule has 0 aliphatic carbocycles. The van der Waals surface area contributed by atoms with Gasteiger partial charge in [-0.1, -0.05) is 24.3 Å². The van der Waals surface area contributed by atoms with Crippen molar-refractivity contribution in [2.24, 2.45) is 0 Å². The summed E-state index contributed by atoms with van der Waals surface area (Å²) in [5.74, 6) is 0.0852. The summed E-state index contributed by atoms with van der Waals surface area (Å²) >= 11 is 0. The minimum Gasteiger partial charge on any atom is -0.369 e. The molecule has 2 saturated heterocycles. The summed E-state index contributed by atoms with van der Waals surface area (Å²) in [5.41, 5.74) is 1.97. The van der Waals surface area contributed by atoms with Crippen LogP contribution >= 0.6 is 0 Å². The van der Waals surface area contributed by atoms with E-state index in [0.29, 0.717) is 11.7 Å². The van der Waals surface area contributed by atoms with Gasteiger partial charge in [-0.15, -0.1) is 0 Å². The SMILES string of the molecule is CC(=O)c1cccc(CN2CCCC(N3CCN(c4cccc(C(F)(F)F)c4)CC3)C2)c1. The van der Waals surface area contributed by atoms with Crippen LogP contribution in [0.4, 0.5) is 18.9 Å². The van der Waals surface area contributed by atoms with Gasteiger partial charge in [0.1, 0.15) is 0 Å². The van der Waals surface area contributed by atoms with E-state index in [2.05, 4.69) is 20.8 Å². The number of rotatable bonds is 5. The highest BCUT2D eigenvalue weighted by atomic mass is 19.4. The Hall–Kier alpha value is -2.38. The van der Waals surface area contributed by atoms with Crippen LogP contribution in [0.15, 0.2) is 48.5 Å². The molecule has 4 rings (SSSR count). The highest BCUT2D eigenvalue weighted by Gasteiger charge is 2.32. The Labute approximate surface area is 187 Å². The number of alkyl halides is 3. The maximum Gasteiger partial charge on any atom is 0.416 e. The van der Waals surface area contributed by atoms with Gasteiger partial charge in [-0.3, -0.25) is 14.6 Å². The fraction of sp³-hybridized carbons (Fsp3) is 0.480. The number of nitrogens with zero attached hydrogens (tertiary/aromatic N) is 3. The smallest absolute Gasteiger partial charge is 0.369 e. The van der Waals surface area contributed by atoms with Crippen LogP contribution in [0.3, 0.4) is 0 Å². The van der Waals surface area contributed by atoms with E-state index in [1.807, 2.05) is 18.2 Å². The lowest BCUT2D eigenvalue weighted by Gasteiger charge is -2.44. The number of hydrogen-bond acceptors (Lipinski definition) is 4. The summed E-state index contributed by atoms with van der Waals surface area (Å²) in [6.45, 7) is 7.63. The van der Waals surface area contributed by atoms with Crippen LogP contribution in [-0.2, 0) is 12.7 Å². The molecule has 0 saturated carbocycles. The first-order valence-electron chi connectivity index (χ1n) is 11.3. The quantitative estimate of drug-likeness (QED) is 0.624. The molecule has 2 fully saturated rings. The van der Waals surface area contributed by atoms with Crippen molar-refractivity contribution in [3.05, 3.63) is 65.2 Å². The van der Waals surface area contributed by atoms with Crippen molar-refractivity contribution in [1.82, 2.24) is 9.80 Å². The van der Waals surface area contributed by atoms with Crippen LogP contribution in [0.1, 0.15) is 41.3 Å². The van der Waals surface area contributed by atoms with Crippen molar-refractivity contribution in [3.8, 4) is 0 Å². The van der Waals surface area contributed by atoms with Crippen molar-refractivity contribution in [2.75, 3.05) is 44.2 Å². The molecule has 0 bridgehead atoms. The molecular weight excluding hydrogens is 415 g/mol. The van der Waals surface area contributed by atoms with E-state index in [9.17, 15) is 18.0 Å². The lowest BCUT2D eigenvalue weighted by molar-refractivity contribution is -0.137. The Morgan fingerprint density at radius 1 is 1.00 bits per heavy atom. The minimum atomic E-state index is -4.31. The van der Waals surface area contributed by atoms with Crippen LogP contribution in [-0.4, -0.2) is 60.9 Å². The normalized spacial score (nSPS) is 21.0. The molecule has 172 valence electrons. The molecule has 0 aromatic heterocycles. The van der Waals surface area contributed by atoms with E-state index in [-0.39, 0.29) is 5.78 Å². The summed E-state index contributed by atoms with van der Waals surface area (Å²) < 4.78 is 39.1. The number of hydrogen-bond donors (Lipinski definition) is 0. The third-order valence-electron chi connectivity index (χ3n) is 6.59. The number of Topliss-reactive ketones (excluding diaryl/α,β-unsaturated/α-hetero) is 1. The summed E-state index contributed by atoms with van der Waals surface area (Å²) in [4.78, 5) is 18.7. The molecule has 0 spiro atoms. The Morgan fingerprint density at radius 2 is 1.75 bits per heavy atom. The van der Waals surface area contributed by atoms with Crippen molar-refractivity contribution >= 4 is 11.5 Å². The van der Waals surface area contributed by atoms with E-state index >= 15 is 0 Å². The molecule has 7 heteroatoms.